The molecular weight excluding hydrogens is 188 g/mol. The lowest BCUT2D eigenvalue weighted by molar-refractivity contribution is -0.154. The monoisotopic (exact) mass is 210 g/mol. The second-order valence-electron chi connectivity index (χ2n) is 5.71. The molecule has 0 bridgehead atoms. The van der Waals surface area contributed by atoms with Crippen LogP contribution in [0.3, 0.4) is 0 Å². The zero-order chi connectivity index (χ0) is 11.1. The van der Waals surface area contributed by atoms with Gasteiger partial charge in [-0.25, -0.2) is 0 Å². The van der Waals surface area contributed by atoms with Gasteiger partial charge in [-0.2, -0.15) is 0 Å². The molecule has 2 aliphatic carbocycles. The van der Waals surface area contributed by atoms with Crippen LogP contribution in [0.15, 0.2) is 0 Å². The molecule has 4 unspecified atom stereocenters. The van der Waals surface area contributed by atoms with Crippen LogP contribution in [0.4, 0.5) is 0 Å². The predicted molar refractivity (Wildman–Crippen MR) is 59.6 cm³/mol. The first-order valence-corrected chi connectivity index (χ1v) is 6.31. The number of carboxylic acids is 1. The van der Waals surface area contributed by atoms with Crippen LogP contribution in [-0.2, 0) is 4.79 Å². The van der Waals surface area contributed by atoms with Crippen molar-refractivity contribution < 1.29 is 9.90 Å². The Kier molecular flexibility index (Phi) is 2.78. The molecule has 1 N–H and O–H groups in total. The molecule has 86 valence electrons. The Hall–Kier alpha value is -0.530. The highest BCUT2D eigenvalue weighted by molar-refractivity contribution is 5.71. The highest BCUT2D eigenvalue weighted by Crippen LogP contribution is 2.57. The van der Waals surface area contributed by atoms with Gasteiger partial charge in [0.1, 0.15) is 0 Å². The second kappa shape index (κ2) is 3.80. The number of carbonyl (C=O) groups is 1. The van der Waals surface area contributed by atoms with Gasteiger partial charge in [-0.1, -0.05) is 33.1 Å². The van der Waals surface area contributed by atoms with Gasteiger partial charge >= 0.3 is 5.97 Å². The summed E-state index contributed by atoms with van der Waals surface area (Å²) in [5.41, 5.74) is 0.142. The molecule has 2 aliphatic rings. The van der Waals surface area contributed by atoms with E-state index in [2.05, 4.69) is 13.8 Å². The fourth-order valence-corrected chi connectivity index (χ4v) is 4.24. The van der Waals surface area contributed by atoms with Gasteiger partial charge in [-0.15, -0.1) is 0 Å². The summed E-state index contributed by atoms with van der Waals surface area (Å²) in [6.07, 6.45) is 7.10. The van der Waals surface area contributed by atoms with Crippen LogP contribution < -0.4 is 0 Å². The van der Waals surface area contributed by atoms with E-state index < -0.39 is 5.97 Å². The zero-order valence-corrected chi connectivity index (χ0v) is 9.83. The molecule has 4 atom stereocenters. The van der Waals surface area contributed by atoms with Gasteiger partial charge in [0.05, 0.1) is 5.92 Å². The smallest absolute Gasteiger partial charge is 0.307 e. The first-order chi connectivity index (χ1) is 7.08. The van der Waals surface area contributed by atoms with Crippen molar-refractivity contribution in [1.82, 2.24) is 0 Å². The predicted octanol–water partition coefficient (Wildman–Crippen LogP) is 3.31. The summed E-state index contributed by atoms with van der Waals surface area (Å²) in [6, 6.07) is 0. The summed E-state index contributed by atoms with van der Waals surface area (Å²) in [4.78, 5) is 11.5. The molecule has 0 heterocycles. The van der Waals surface area contributed by atoms with E-state index in [-0.39, 0.29) is 11.3 Å². The summed E-state index contributed by atoms with van der Waals surface area (Å²) < 4.78 is 0. The van der Waals surface area contributed by atoms with E-state index in [1.807, 2.05) is 0 Å². The number of hydrogen-bond acceptors (Lipinski definition) is 1. The Bertz CT molecular complexity index is 261. The molecule has 0 aromatic carbocycles. The molecule has 2 heteroatoms. The molecule has 0 aromatic heterocycles. The average Bonchev–Trinajstić information content (AvgIpc) is 2.48. The first-order valence-electron chi connectivity index (χ1n) is 6.31. The summed E-state index contributed by atoms with van der Waals surface area (Å²) in [6.45, 7) is 4.39. The van der Waals surface area contributed by atoms with Crippen LogP contribution in [0.5, 0.6) is 0 Å². The topological polar surface area (TPSA) is 37.3 Å². The van der Waals surface area contributed by atoms with Gasteiger partial charge < -0.3 is 5.11 Å². The maximum Gasteiger partial charge on any atom is 0.307 e. The van der Waals surface area contributed by atoms with Crippen LogP contribution in [0.2, 0.25) is 0 Å². The molecule has 0 aromatic rings. The van der Waals surface area contributed by atoms with Gasteiger partial charge in [0, 0.05) is 0 Å². The van der Waals surface area contributed by atoms with E-state index in [1.54, 1.807) is 0 Å². The zero-order valence-electron chi connectivity index (χ0n) is 9.83. The normalized spacial score (nSPS) is 45.9. The van der Waals surface area contributed by atoms with E-state index in [9.17, 15) is 9.90 Å². The Labute approximate surface area is 92.1 Å². The largest absolute Gasteiger partial charge is 0.481 e. The standard InChI is InChI=1S/C13H22O2/c1-9-5-3-7-13(11(9)12(14)15)8-4-6-10(13)2/h9-11H,3-8H2,1-2H3,(H,14,15). The number of carboxylic acid groups (broad SMARTS) is 1. The lowest BCUT2D eigenvalue weighted by atomic mass is 9.58. The number of aliphatic carboxylic acids is 1. The van der Waals surface area contributed by atoms with E-state index in [4.69, 9.17) is 0 Å². The molecular formula is C13H22O2. The summed E-state index contributed by atoms with van der Waals surface area (Å²) in [5.74, 6) is 0.359. The van der Waals surface area contributed by atoms with Gasteiger partial charge in [-0.3, -0.25) is 4.79 Å². The maximum absolute atomic E-state index is 11.5. The minimum atomic E-state index is -0.545. The minimum absolute atomic E-state index is 0.0799. The van der Waals surface area contributed by atoms with Crippen molar-refractivity contribution in [1.29, 1.82) is 0 Å². The van der Waals surface area contributed by atoms with Gasteiger partial charge in [0.15, 0.2) is 0 Å². The van der Waals surface area contributed by atoms with Crippen molar-refractivity contribution in [3.63, 3.8) is 0 Å². The van der Waals surface area contributed by atoms with Crippen molar-refractivity contribution in [3.8, 4) is 0 Å². The van der Waals surface area contributed by atoms with E-state index in [0.717, 1.165) is 19.3 Å². The van der Waals surface area contributed by atoms with Crippen LogP contribution in [-0.4, -0.2) is 11.1 Å². The third-order valence-electron chi connectivity index (χ3n) is 5.02. The Morgan fingerprint density at radius 3 is 2.27 bits per heavy atom. The van der Waals surface area contributed by atoms with E-state index in [0.29, 0.717) is 11.8 Å². The SMILES string of the molecule is CC1CCCC2(CCCC2C)C1C(=O)O. The van der Waals surface area contributed by atoms with Crippen LogP contribution >= 0.6 is 0 Å². The molecule has 1 spiro atoms. The van der Waals surface area contributed by atoms with Crippen molar-refractivity contribution in [3.05, 3.63) is 0 Å². The highest BCUT2D eigenvalue weighted by Gasteiger charge is 2.52. The van der Waals surface area contributed by atoms with Crippen molar-refractivity contribution in [2.75, 3.05) is 0 Å². The molecule has 2 fully saturated rings. The van der Waals surface area contributed by atoms with E-state index in [1.165, 1.54) is 19.3 Å². The quantitative estimate of drug-likeness (QED) is 0.721. The molecule has 2 nitrogen and oxygen atoms in total. The van der Waals surface area contributed by atoms with Crippen LogP contribution in [0.1, 0.15) is 52.4 Å². The highest BCUT2D eigenvalue weighted by atomic mass is 16.4. The van der Waals surface area contributed by atoms with Crippen LogP contribution in [0, 0.1) is 23.2 Å². The fourth-order valence-electron chi connectivity index (χ4n) is 4.24. The lowest BCUT2D eigenvalue weighted by Crippen LogP contribution is -2.44. The van der Waals surface area contributed by atoms with Gasteiger partial charge in [0.25, 0.3) is 0 Å². The molecule has 0 aliphatic heterocycles. The second-order valence-corrected chi connectivity index (χ2v) is 5.71. The average molecular weight is 210 g/mol. The first kappa shape index (κ1) is 11.0. The Morgan fingerprint density at radius 1 is 1.20 bits per heavy atom. The van der Waals surface area contributed by atoms with Crippen molar-refractivity contribution in [2.45, 2.75) is 52.4 Å². The number of rotatable bonds is 1. The van der Waals surface area contributed by atoms with Gasteiger partial charge in [0.2, 0.25) is 0 Å². The van der Waals surface area contributed by atoms with Gasteiger partial charge in [-0.05, 0) is 36.5 Å². The minimum Gasteiger partial charge on any atom is -0.481 e. The summed E-state index contributed by atoms with van der Waals surface area (Å²) in [7, 11) is 0. The molecule has 15 heavy (non-hydrogen) atoms. The Morgan fingerprint density at radius 2 is 1.80 bits per heavy atom. The van der Waals surface area contributed by atoms with Crippen molar-refractivity contribution >= 4 is 5.97 Å². The lowest BCUT2D eigenvalue weighted by Gasteiger charge is -2.46. The molecule has 2 rings (SSSR count). The maximum atomic E-state index is 11.5. The summed E-state index contributed by atoms with van der Waals surface area (Å²) >= 11 is 0. The van der Waals surface area contributed by atoms with E-state index >= 15 is 0 Å². The van der Waals surface area contributed by atoms with Crippen molar-refractivity contribution in [2.24, 2.45) is 23.2 Å². The summed E-state index contributed by atoms with van der Waals surface area (Å²) in [5, 5.41) is 9.45. The van der Waals surface area contributed by atoms with Crippen LogP contribution in [0.25, 0.3) is 0 Å². The Balaban J connectivity index is 2.30. The fraction of sp³-hybridized carbons (Fsp3) is 0.923. The molecule has 2 saturated carbocycles. The third-order valence-corrected chi connectivity index (χ3v) is 5.02. The number of hydrogen-bond donors (Lipinski definition) is 1. The third kappa shape index (κ3) is 1.58. The molecule has 0 radical (unpaired) electrons. The molecule has 0 saturated heterocycles. The molecule has 0 amide bonds.